The van der Waals surface area contributed by atoms with Crippen LogP contribution in [0.5, 0.6) is 0 Å². The van der Waals surface area contributed by atoms with Gasteiger partial charge in [0.05, 0.1) is 12.2 Å². The van der Waals surface area contributed by atoms with Crippen LogP contribution >= 0.6 is 0 Å². The van der Waals surface area contributed by atoms with Crippen LogP contribution in [0.3, 0.4) is 0 Å². The lowest BCUT2D eigenvalue weighted by molar-refractivity contribution is -0.0763. The minimum Gasteiger partial charge on any atom is -0.387 e. The maximum Gasteiger partial charge on any atom is 0.0882 e. The molecule has 1 rings (SSSR count). The fraction of sp³-hybridized carbons (Fsp3) is 1.00. The monoisotopic (exact) mass is 172 g/mol. The van der Waals surface area contributed by atoms with Crippen molar-refractivity contribution in [1.29, 1.82) is 0 Å². The number of hydrogen-bond donors (Lipinski definition) is 1. The second kappa shape index (κ2) is 4.24. The van der Waals surface area contributed by atoms with Crippen LogP contribution in [0, 0.1) is 5.92 Å². The van der Waals surface area contributed by atoms with Gasteiger partial charge in [0.15, 0.2) is 0 Å². The van der Waals surface area contributed by atoms with Crippen molar-refractivity contribution in [1.82, 2.24) is 0 Å². The molecule has 1 aliphatic carbocycles. The van der Waals surface area contributed by atoms with Gasteiger partial charge in [-0.3, -0.25) is 0 Å². The highest BCUT2D eigenvalue weighted by atomic mass is 16.5. The molecule has 1 aliphatic rings. The molecule has 2 unspecified atom stereocenters. The van der Waals surface area contributed by atoms with Crippen molar-refractivity contribution >= 4 is 0 Å². The first kappa shape index (κ1) is 10.0. The van der Waals surface area contributed by atoms with E-state index in [4.69, 9.17) is 4.74 Å². The Labute approximate surface area is 74.9 Å². The van der Waals surface area contributed by atoms with E-state index in [1.807, 2.05) is 6.92 Å². The van der Waals surface area contributed by atoms with Crippen LogP contribution in [-0.4, -0.2) is 23.9 Å². The maximum absolute atomic E-state index is 10.0. The molecule has 1 N–H and O–H groups in total. The summed E-state index contributed by atoms with van der Waals surface area (Å²) in [5, 5.41) is 10.0. The minimum absolute atomic E-state index is 0.520. The van der Waals surface area contributed by atoms with E-state index in [1.165, 1.54) is 6.42 Å². The van der Waals surface area contributed by atoms with E-state index in [0.717, 1.165) is 19.3 Å². The smallest absolute Gasteiger partial charge is 0.0882 e. The van der Waals surface area contributed by atoms with E-state index in [1.54, 1.807) is 0 Å². The second-order valence-electron chi connectivity index (χ2n) is 4.06. The Morgan fingerprint density at radius 3 is 2.92 bits per heavy atom. The molecule has 2 atom stereocenters. The van der Waals surface area contributed by atoms with Gasteiger partial charge in [-0.1, -0.05) is 19.8 Å². The molecule has 0 aliphatic heterocycles. The van der Waals surface area contributed by atoms with Crippen LogP contribution < -0.4 is 0 Å². The summed E-state index contributed by atoms with van der Waals surface area (Å²) in [6, 6.07) is 0. The SMILES string of the molecule is CCOCC1(O)CCCC(C)C1. The second-order valence-corrected chi connectivity index (χ2v) is 4.06. The average molecular weight is 172 g/mol. The summed E-state index contributed by atoms with van der Waals surface area (Å²) in [7, 11) is 0. The first-order chi connectivity index (χ1) is 5.66. The van der Waals surface area contributed by atoms with Gasteiger partial charge in [-0.05, 0) is 25.7 Å². The van der Waals surface area contributed by atoms with Crippen molar-refractivity contribution in [3.05, 3.63) is 0 Å². The zero-order chi connectivity index (χ0) is 9.03. The van der Waals surface area contributed by atoms with E-state index in [9.17, 15) is 5.11 Å². The number of hydrogen-bond acceptors (Lipinski definition) is 2. The highest BCUT2D eigenvalue weighted by molar-refractivity contribution is 4.84. The Kier molecular flexibility index (Phi) is 3.53. The van der Waals surface area contributed by atoms with Crippen LogP contribution in [0.4, 0.5) is 0 Å². The third kappa shape index (κ3) is 2.76. The summed E-state index contributed by atoms with van der Waals surface area (Å²) in [4.78, 5) is 0. The molecule has 0 radical (unpaired) electrons. The third-order valence-electron chi connectivity index (χ3n) is 2.64. The predicted molar refractivity (Wildman–Crippen MR) is 49.1 cm³/mol. The molecule has 0 aromatic rings. The molecule has 0 saturated heterocycles. The summed E-state index contributed by atoms with van der Waals surface area (Å²) >= 11 is 0. The lowest BCUT2D eigenvalue weighted by atomic mass is 9.79. The summed E-state index contributed by atoms with van der Waals surface area (Å²) in [6.45, 7) is 5.40. The van der Waals surface area contributed by atoms with Crippen molar-refractivity contribution < 1.29 is 9.84 Å². The molecule has 2 nitrogen and oxygen atoms in total. The van der Waals surface area contributed by atoms with Crippen molar-refractivity contribution in [2.75, 3.05) is 13.2 Å². The Balaban J connectivity index is 2.35. The van der Waals surface area contributed by atoms with Crippen LogP contribution in [0.2, 0.25) is 0 Å². The van der Waals surface area contributed by atoms with Gasteiger partial charge in [0, 0.05) is 6.61 Å². The van der Waals surface area contributed by atoms with Gasteiger partial charge in [-0.2, -0.15) is 0 Å². The molecule has 0 amide bonds. The Bertz CT molecular complexity index is 136. The maximum atomic E-state index is 10.0. The topological polar surface area (TPSA) is 29.5 Å². The van der Waals surface area contributed by atoms with Crippen LogP contribution in [0.15, 0.2) is 0 Å². The number of aliphatic hydroxyl groups is 1. The standard InChI is InChI=1S/C10H20O2/c1-3-12-8-10(11)6-4-5-9(2)7-10/h9,11H,3-8H2,1-2H3. The molecule has 0 aromatic carbocycles. The molecule has 2 heteroatoms. The predicted octanol–water partition coefficient (Wildman–Crippen LogP) is 1.96. The fourth-order valence-corrected chi connectivity index (χ4v) is 2.06. The Morgan fingerprint density at radius 1 is 1.58 bits per heavy atom. The van der Waals surface area contributed by atoms with E-state index in [-0.39, 0.29) is 0 Å². The van der Waals surface area contributed by atoms with Crippen LogP contribution in [0.1, 0.15) is 39.5 Å². The largest absolute Gasteiger partial charge is 0.387 e. The van der Waals surface area contributed by atoms with Gasteiger partial charge in [0.2, 0.25) is 0 Å². The zero-order valence-corrected chi connectivity index (χ0v) is 8.18. The Morgan fingerprint density at radius 2 is 2.33 bits per heavy atom. The van der Waals surface area contributed by atoms with Crippen LogP contribution in [-0.2, 0) is 4.74 Å². The van der Waals surface area contributed by atoms with E-state index in [0.29, 0.717) is 19.1 Å². The molecule has 12 heavy (non-hydrogen) atoms. The summed E-state index contributed by atoms with van der Waals surface area (Å²) < 4.78 is 5.27. The van der Waals surface area contributed by atoms with Gasteiger partial charge < -0.3 is 9.84 Å². The van der Waals surface area contributed by atoms with E-state index < -0.39 is 5.60 Å². The zero-order valence-electron chi connectivity index (χ0n) is 8.18. The summed E-state index contributed by atoms with van der Waals surface area (Å²) in [6.07, 6.45) is 4.23. The molecular weight excluding hydrogens is 152 g/mol. The minimum atomic E-state index is -0.520. The van der Waals surface area contributed by atoms with Crippen molar-refractivity contribution in [2.45, 2.75) is 45.1 Å². The molecular formula is C10H20O2. The molecule has 1 saturated carbocycles. The van der Waals surface area contributed by atoms with Crippen molar-refractivity contribution in [3.8, 4) is 0 Å². The summed E-state index contributed by atoms with van der Waals surface area (Å²) in [5.41, 5.74) is -0.520. The highest BCUT2D eigenvalue weighted by Gasteiger charge is 2.32. The first-order valence-electron chi connectivity index (χ1n) is 4.96. The van der Waals surface area contributed by atoms with Crippen LogP contribution in [0.25, 0.3) is 0 Å². The third-order valence-corrected chi connectivity index (χ3v) is 2.64. The fourth-order valence-electron chi connectivity index (χ4n) is 2.06. The first-order valence-corrected chi connectivity index (χ1v) is 4.96. The van der Waals surface area contributed by atoms with Crippen molar-refractivity contribution in [2.24, 2.45) is 5.92 Å². The lowest BCUT2D eigenvalue weighted by Gasteiger charge is -2.35. The lowest BCUT2D eigenvalue weighted by Crippen LogP contribution is -2.39. The van der Waals surface area contributed by atoms with E-state index >= 15 is 0 Å². The average Bonchev–Trinajstić information content (AvgIpc) is 2.01. The molecule has 0 heterocycles. The van der Waals surface area contributed by atoms with E-state index in [2.05, 4.69) is 6.92 Å². The molecule has 1 fully saturated rings. The quantitative estimate of drug-likeness (QED) is 0.705. The molecule has 72 valence electrons. The van der Waals surface area contributed by atoms with Gasteiger partial charge in [-0.25, -0.2) is 0 Å². The Hall–Kier alpha value is -0.0800. The number of rotatable bonds is 3. The molecule has 0 bridgehead atoms. The van der Waals surface area contributed by atoms with Gasteiger partial charge in [0.25, 0.3) is 0 Å². The highest BCUT2D eigenvalue weighted by Crippen LogP contribution is 2.32. The normalized spacial score (nSPS) is 36.8. The van der Waals surface area contributed by atoms with Gasteiger partial charge in [0.1, 0.15) is 0 Å². The summed E-state index contributed by atoms with van der Waals surface area (Å²) in [5.74, 6) is 0.657. The number of ether oxygens (including phenoxy) is 1. The molecule has 0 spiro atoms. The van der Waals surface area contributed by atoms with Gasteiger partial charge >= 0.3 is 0 Å². The van der Waals surface area contributed by atoms with Crippen molar-refractivity contribution in [3.63, 3.8) is 0 Å². The molecule has 0 aromatic heterocycles. The van der Waals surface area contributed by atoms with Gasteiger partial charge in [-0.15, -0.1) is 0 Å².